The third-order valence-electron chi connectivity index (χ3n) is 3.68. The molecule has 0 unspecified atom stereocenters. The number of aromatic nitrogens is 3. The van der Waals surface area contributed by atoms with E-state index in [0.717, 1.165) is 39.1 Å². The van der Waals surface area contributed by atoms with Gasteiger partial charge in [-0.2, -0.15) is 0 Å². The van der Waals surface area contributed by atoms with E-state index in [2.05, 4.69) is 26.3 Å². The normalized spacial score (nSPS) is 10.8. The summed E-state index contributed by atoms with van der Waals surface area (Å²) >= 11 is 0. The van der Waals surface area contributed by atoms with Crippen molar-refractivity contribution in [3.05, 3.63) is 42.0 Å². The Hall–Kier alpha value is -2.69. The molecule has 5 heteroatoms. The van der Waals surface area contributed by atoms with Crippen LogP contribution in [-0.4, -0.2) is 22.0 Å². The zero-order valence-electron chi connectivity index (χ0n) is 12.3. The van der Waals surface area contributed by atoms with Crippen molar-refractivity contribution in [3.8, 4) is 11.1 Å². The molecule has 0 radical (unpaired) electrons. The molecule has 3 aromatic heterocycles. The van der Waals surface area contributed by atoms with E-state index in [1.165, 1.54) is 0 Å². The van der Waals surface area contributed by atoms with Crippen LogP contribution in [0.5, 0.6) is 0 Å². The summed E-state index contributed by atoms with van der Waals surface area (Å²) in [6.07, 6.45) is 5.38. The standard InChI is InChI=1S/C16H17N5/c1-9-13(17)8-19-10(2)16(9)12-4-11-6-21-15(18-3)5-14(11)20-7-12/h4-8H,17H2,1-3H3,(H,18,21). The molecule has 3 heterocycles. The van der Waals surface area contributed by atoms with Crippen LogP contribution in [0.3, 0.4) is 0 Å². The summed E-state index contributed by atoms with van der Waals surface area (Å²) in [5.74, 6) is 0.806. The lowest BCUT2D eigenvalue weighted by atomic mass is 9.99. The molecule has 0 spiro atoms. The minimum absolute atomic E-state index is 0.694. The van der Waals surface area contributed by atoms with Gasteiger partial charge in [-0.05, 0) is 25.5 Å². The first-order valence-corrected chi connectivity index (χ1v) is 6.75. The van der Waals surface area contributed by atoms with Crippen LogP contribution in [-0.2, 0) is 0 Å². The average molecular weight is 279 g/mol. The fourth-order valence-corrected chi connectivity index (χ4v) is 2.46. The Morgan fingerprint density at radius 1 is 1.00 bits per heavy atom. The van der Waals surface area contributed by atoms with Gasteiger partial charge in [0.1, 0.15) is 5.82 Å². The topological polar surface area (TPSA) is 76.7 Å². The predicted octanol–water partition coefficient (Wildman–Crippen LogP) is 2.93. The predicted molar refractivity (Wildman–Crippen MR) is 86.2 cm³/mol. The van der Waals surface area contributed by atoms with Crippen molar-refractivity contribution in [3.63, 3.8) is 0 Å². The molecular formula is C16H17N5. The summed E-state index contributed by atoms with van der Waals surface area (Å²) in [5.41, 5.74) is 11.6. The van der Waals surface area contributed by atoms with E-state index in [-0.39, 0.29) is 0 Å². The summed E-state index contributed by atoms with van der Waals surface area (Å²) in [5, 5.41) is 4.01. The Balaban J connectivity index is 2.20. The van der Waals surface area contributed by atoms with Crippen molar-refractivity contribution in [2.24, 2.45) is 0 Å². The number of aryl methyl sites for hydroxylation is 1. The highest BCUT2D eigenvalue weighted by atomic mass is 14.9. The largest absolute Gasteiger partial charge is 0.397 e. The number of nitrogens with one attached hydrogen (secondary N) is 1. The quantitative estimate of drug-likeness (QED) is 0.754. The molecule has 0 saturated heterocycles. The second-order valence-corrected chi connectivity index (χ2v) is 5.04. The number of nitrogens with zero attached hydrogens (tertiary/aromatic N) is 3. The van der Waals surface area contributed by atoms with Crippen molar-refractivity contribution in [1.82, 2.24) is 15.0 Å². The highest BCUT2D eigenvalue weighted by Crippen LogP contribution is 2.30. The maximum absolute atomic E-state index is 5.97. The molecule has 0 amide bonds. The first-order valence-electron chi connectivity index (χ1n) is 6.75. The minimum Gasteiger partial charge on any atom is -0.397 e. The second kappa shape index (κ2) is 5.01. The summed E-state index contributed by atoms with van der Waals surface area (Å²) < 4.78 is 0. The van der Waals surface area contributed by atoms with Crippen LogP contribution >= 0.6 is 0 Å². The molecule has 0 atom stereocenters. The van der Waals surface area contributed by atoms with Crippen molar-refractivity contribution in [1.29, 1.82) is 0 Å². The highest BCUT2D eigenvalue weighted by molar-refractivity contribution is 5.86. The number of nitrogens with two attached hydrogens (primary N) is 1. The second-order valence-electron chi connectivity index (χ2n) is 5.04. The number of pyridine rings is 3. The van der Waals surface area contributed by atoms with E-state index in [9.17, 15) is 0 Å². The number of hydrogen-bond acceptors (Lipinski definition) is 5. The number of rotatable bonds is 2. The Bertz CT molecular complexity index is 826. The Kier molecular flexibility index (Phi) is 3.17. The zero-order valence-corrected chi connectivity index (χ0v) is 12.3. The molecule has 0 aliphatic carbocycles. The summed E-state index contributed by atoms with van der Waals surface area (Å²) in [6, 6.07) is 4.00. The first kappa shape index (κ1) is 13.3. The van der Waals surface area contributed by atoms with Crippen LogP contribution in [0.4, 0.5) is 11.5 Å². The maximum atomic E-state index is 5.97. The van der Waals surface area contributed by atoms with Gasteiger partial charge in [-0.25, -0.2) is 4.98 Å². The van der Waals surface area contributed by atoms with Crippen molar-refractivity contribution >= 4 is 22.4 Å². The van der Waals surface area contributed by atoms with Gasteiger partial charge in [-0.15, -0.1) is 0 Å². The third-order valence-corrected chi connectivity index (χ3v) is 3.68. The number of hydrogen-bond donors (Lipinski definition) is 2. The molecule has 0 fully saturated rings. The molecule has 0 saturated carbocycles. The van der Waals surface area contributed by atoms with Crippen molar-refractivity contribution < 1.29 is 0 Å². The van der Waals surface area contributed by atoms with E-state index < -0.39 is 0 Å². The maximum Gasteiger partial charge on any atom is 0.127 e. The van der Waals surface area contributed by atoms with E-state index in [0.29, 0.717) is 5.69 Å². The Morgan fingerprint density at radius 3 is 2.57 bits per heavy atom. The molecular weight excluding hydrogens is 262 g/mol. The summed E-state index contributed by atoms with van der Waals surface area (Å²) in [4.78, 5) is 13.2. The Morgan fingerprint density at radius 2 is 1.81 bits per heavy atom. The smallest absolute Gasteiger partial charge is 0.127 e. The van der Waals surface area contributed by atoms with Crippen molar-refractivity contribution in [2.75, 3.05) is 18.1 Å². The molecule has 0 aliphatic rings. The van der Waals surface area contributed by atoms with E-state index in [4.69, 9.17) is 5.73 Å². The van der Waals surface area contributed by atoms with Gasteiger partial charge >= 0.3 is 0 Å². The molecule has 0 aromatic carbocycles. The summed E-state index contributed by atoms with van der Waals surface area (Å²) in [7, 11) is 1.84. The highest BCUT2D eigenvalue weighted by Gasteiger charge is 2.11. The lowest BCUT2D eigenvalue weighted by Crippen LogP contribution is -1.98. The van der Waals surface area contributed by atoms with Gasteiger partial charge < -0.3 is 11.1 Å². The summed E-state index contributed by atoms with van der Waals surface area (Å²) in [6.45, 7) is 3.99. The number of nitrogen functional groups attached to an aromatic ring is 1. The molecule has 5 nitrogen and oxygen atoms in total. The molecule has 0 aliphatic heterocycles. The fraction of sp³-hybridized carbons (Fsp3) is 0.188. The van der Waals surface area contributed by atoms with Gasteiger partial charge in [0, 0.05) is 47.7 Å². The zero-order chi connectivity index (χ0) is 15.0. The van der Waals surface area contributed by atoms with Gasteiger partial charge in [-0.1, -0.05) is 0 Å². The molecule has 106 valence electrons. The molecule has 3 rings (SSSR count). The van der Waals surface area contributed by atoms with Crippen molar-refractivity contribution in [2.45, 2.75) is 13.8 Å². The van der Waals surface area contributed by atoms with E-state index >= 15 is 0 Å². The molecule has 0 bridgehead atoms. The first-order chi connectivity index (χ1) is 10.1. The molecule has 3 aromatic rings. The van der Waals surface area contributed by atoms with Crippen LogP contribution in [0.15, 0.2) is 30.7 Å². The lowest BCUT2D eigenvalue weighted by molar-refractivity contribution is 1.18. The van der Waals surface area contributed by atoms with Gasteiger partial charge in [0.2, 0.25) is 0 Å². The van der Waals surface area contributed by atoms with Gasteiger partial charge in [0.15, 0.2) is 0 Å². The van der Waals surface area contributed by atoms with Crippen LogP contribution in [0.2, 0.25) is 0 Å². The van der Waals surface area contributed by atoms with Gasteiger partial charge in [0.25, 0.3) is 0 Å². The Labute approximate surface area is 123 Å². The van der Waals surface area contributed by atoms with E-state index in [1.54, 1.807) is 6.20 Å². The average Bonchev–Trinajstić information content (AvgIpc) is 2.51. The van der Waals surface area contributed by atoms with Crippen LogP contribution in [0, 0.1) is 13.8 Å². The van der Waals surface area contributed by atoms with E-state index in [1.807, 2.05) is 39.4 Å². The number of fused-ring (bicyclic) bond motifs is 1. The SMILES string of the molecule is CNc1cc2ncc(-c3c(C)ncc(N)c3C)cc2cn1. The monoisotopic (exact) mass is 279 g/mol. The van der Waals surface area contributed by atoms with Crippen LogP contribution in [0.25, 0.3) is 22.0 Å². The van der Waals surface area contributed by atoms with Gasteiger partial charge in [-0.3, -0.25) is 9.97 Å². The van der Waals surface area contributed by atoms with Crippen LogP contribution in [0.1, 0.15) is 11.3 Å². The fourth-order valence-electron chi connectivity index (χ4n) is 2.46. The van der Waals surface area contributed by atoms with Gasteiger partial charge in [0.05, 0.1) is 17.4 Å². The lowest BCUT2D eigenvalue weighted by Gasteiger charge is -2.12. The van der Waals surface area contributed by atoms with Crippen LogP contribution < -0.4 is 11.1 Å². The molecule has 3 N–H and O–H groups in total. The molecule has 21 heavy (non-hydrogen) atoms. The third kappa shape index (κ3) is 2.27. The number of anilines is 2. The minimum atomic E-state index is 0.694.